The molecule has 0 aliphatic carbocycles. The highest BCUT2D eigenvalue weighted by molar-refractivity contribution is 9.10. The number of ketones is 1. The second kappa shape index (κ2) is 7.23. The molecule has 126 valence electrons. The molecular formula is C19H14BrNO2S2. The summed E-state index contributed by atoms with van der Waals surface area (Å²) in [5.74, 6) is -0.145. The lowest BCUT2D eigenvalue weighted by atomic mass is 10.1. The lowest BCUT2D eigenvalue weighted by Crippen LogP contribution is -2.27. The van der Waals surface area contributed by atoms with Crippen LogP contribution in [0.2, 0.25) is 0 Å². The van der Waals surface area contributed by atoms with Crippen LogP contribution in [0.25, 0.3) is 5.57 Å². The van der Waals surface area contributed by atoms with Gasteiger partial charge in [0.2, 0.25) is 0 Å². The molecule has 2 aromatic carbocycles. The van der Waals surface area contributed by atoms with Gasteiger partial charge in [0.05, 0.1) is 10.6 Å². The summed E-state index contributed by atoms with van der Waals surface area (Å²) in [6.45, 7) is 3.44. The Labute approximate surface area is 164 Å². The van der Waals surface area contributed by atoms with Crippen LogP contribution < -0.4 is 4.90 Å². The molecule has 0 spiro atoms. The number of carbonyl (C=O) groups is 2. The summed E-state index contributed by atoms with van der Waals surface area (Å²) < 4.78 is 1.48. The number of hydrogen-bond acceptors (Lipinski definition) is 4. The van der Waals surface area contributed by atoms with Gasteiger partial charge < -0.3 is 0 Å². The lowest BCUT2D eigenvalue weighted by Gasteiger charge is -2.15. The van der Waals surface area contributed by atoms with Crippen molar-refractivity contribution in [2.75, 3.05) is 4.90 Å². The number of rotatable bonds is 3. The van der Waals surface area contributed by atoms with Gasteiger partial charge in [0, 0.05) is 10.0 Å². The van der Waals surface area contributed by atoms with E-state index in [0.717, 1.165) is 15.6 Å². The third-order valence-electron chi connectivity index (χ3n) is 3.92. The van der Waals surface area contributed by atoms with Gasteiger partial charge in [0.1, 0.15) is 0 Å². The molecule has 0 saturated carbocycles. The van der Waals surface area contributed by atoms with Gasteiger partial charge in [0.25, 0.3) is 5.91 Å². The van der Waals surface area contributed by atoms with Crippen molar-refractivity contribution in [2.24, 2.45) is 0 Å². The van der Waals surface area contributed by atoms with E-state index in [1.54, 1.807) is 24.3 Å². The number of amides is 1. The molecule has 0 aromatic heterocycles. The van der Waals surface area contributed by atoms with Crippen LogP contribution >= 0.6 is 39.9 Å². The van der Waals surface area contributed by atoms with Crippen molar-refractivity contribution in [1.82, 2.24) is 0 Å². The summed E-state index contributed by atoms with van der Waals surface area (Å²) in [6.07, 6.45) is 0. The zero-order chi connectivity index (χ0) is 18.1. The maximum atomic E-state index is 12.9. The zero-order valence-corrected chi connectivity index (χ0v) is 16.8. The zero-order valence-electron chi connectivity index (χ0n) is 13.6. The van der Waals surface area contributed by atoms with Crippen LogP contribution in [0, 0.1) is 0 Å². The Morgan fingerprint density at radius 3 is 2.12 bits per heavy atom. The number of allylic oxidation sites excluding steroid dienone is 1. The van der Waals surface area contributed by atoms with Gasteiger partial charge in [-0.25, -0.2) is 0 Å². The molecule has 0 unspecified atom stereocenters. The van der Waals surface area contributed by atoms with Crippen molar-refractivity contribution in [3.8, 4) is 0 Å². The van der Waals surface area contributed by atoms with Crippen molar-refractivity contribution in [1.29, 1.82) is 0 Å². The second-order valence-electron chi connectivity index (χ2n) is 5.57. The lowest BCUT2D eigenvalue weighted by molar-refractivity contribution is -0.113. The first-order valence-electron chi connectivity index (χ1n) is 7.52. The third kappa shape index (κ3) is 3.61. The van der Waals surface area contributed by atoms with Gasteiger partial charge in [0.15, 0.2) is 10.1 Å². The average molecular weight is 432 g/mol. The van der Waals surface area contributed by atoms with Crippen LogP contribution in [0.3, 0.4) is 0 Å². The molecule has 3 nitrogen and oxygen atoms in total. The number of carbonyl (C=O) groups excluding carboxylic acids is 2. The first-order chi connectivity index (χ1) is 11.9. The van der Waals surface area contributed by atoms with E-state index in [2.05, 4.69) is 15.9 Å². The molecule has 0 bridgehead atoms. The van der Waals surface area contributed by atoms with Gasteiger partial charge in [-0.1, -0.05) is 52.0 Å². The highest BCUT2D eigenvalue weighted by Gasteiger charge is 2.34. The van der Waals surface area contributed by atoms with Crippen molar-refractivity contribution < 1.29 is 9.59 Å². The number of halogens is 1. The summed E-state index contributed by atoms with van der Waals surface area (Å²) in [5.41, 5.74) is 3.16. The number of thiocarbonyl (C=S) groups is 1. The van der Waals surface area contributed by atoms with E-state index in [1.165, 1.54) is 23.6 Å². The smallest absolute Gasteiger partial charge is 0.271 e. The molecule has 1 saturated heterocycles. The first kappa shape index (κ1) is 18.0. The molecule has 1 aliphatic heterocycles. The van der Waals surface area contributed by atoms with E-state index in [0.29, 0.717) is 20.5 Å². The predicted molar refractivity (Wildman–Crippen MR) is 111 cm³/mol. The standard InChI is InChI=1S/C19H14BrNO2S2/c1-11(13-3-7-15(20)8-4-13)17-18(23)21(19(24)25-17)16-9-5-14(6-10-16)12(2)22/h3-10H,1-2H3/b17-11-. The number of benzene rings is 2. The van der Waals surface area contributed by atoms with Crippen LogP contribution in [0.5, 0.6) is 0 Å². The molecule has 1 fully saturated rings. The first-order valence-corrected chi connectivity index (χ1v) is 9.54. The molecule has 1 amide bonds. The van der Waals surface area contributed by atoms with Crippen molar-refractivity contribution >= 4 is 67.2 Å². The van der Waals surface area contributed by atoms with Crippen LogP contribution in [0.4, 0.5) is 5.69 Å². The number of nitrogens with zero attached hydrogens (tertiary/aromatic N) is 1. The largest absolute Gasteiger partial charge is 0.295 e. The Morgan fingerprint density at radius 1 is 1.00 bits per heavy atom. The minimum Gasteiger partial charge on any atom is -0.295 e. The maximum absolute atomic E-state index is 12.9. The molecule has 0 N–H and O–H groups in total. The quantitative estimate of drug-likeness (QED) is 0.367. The summed E-state index contributed by atoms with van der Waals surface area (Å²) in [4.78, 5) is 26.5. The topological polar surface area (TPSA) is 37.4 Å². The number of hydrogen-bond donors (Lipinski definition) is 0. The minimum absolute atomic E-state index is 0.0112. The van der Waals surface area contributed by atoms with Gasteiger partial charge >= 0.3 is 0 Å². The van der Waals surface area contributed by atoms with E-state index >= 15 is 0 Å². The molecule has 3 rings (SSSR count). The Hall–Kier alpha value is -1.76. The highest BCUT2D eigenvalue weighted by Crippen LogP contribution is 2.39. The monoisotopic (exact) mass is 431 g/mol. The Balaban J connectivity index is 1.95. The molecule has 1 heterocycles. The summed E-state index contributed by atoms with van der Waals surface area (Å²) in [6, 6.07) is 14.7. The number of Topliss-reactive ketones (excluding diaryl/α,β-unsaturated/α-hetero) is 1. The fourth-order valence-corrected chi connectivity index (χ4v) is 4.10. The summed E-state index contributed by atoms with van der Waals surface area (Å²) >= 11 is 10.1. The molecule has 2 aromatic rings. The van der Waals surface area contributed by atoms with E-state index in [-0.39, 0.29) is 11.7 Å². The molecule has 0 atom stereocenters. The van der Waals surface area contributed by atoms with Crippen molar-refractivity contribution in [2.45, 2.75) is 13.8 Å². The Morgan fingerprint density at radius 2 is 1.56 bits per heavy atom. The molecule has 1 aliphatic rings. The van der Waals surface area contributed by atoms with E-state index in [4.69, 9.17) is 12.2 Å². The van der Waals surface area contributed by atoms with E-state index < -0.39 is 0 Å². The van der Waals surface area contributed by atoms with Gasteiger partial charge in [-0.3, -0.25) is 14.5 Å². The highest BCUT2D eigenvalue weighted by atomic mass is 79.9. The second-order valence-corrected chi connectivity index (χ2v) is 8.13. The third-order valence-corrected chi connectivity index (χ3v) is 5.92. The van der Waals surface area contributed by atoms with Crippen molar-refractivity contribution in [3.05, 3.63) is 69.0 Å². The van der Waals surface area contributed by atoms with Gasteiger partial charge in [-0.2, -0.15) is 0 Å². The van der Waals surface area contributed by atoms with E-state index in [1.807, 2.05) is 31.2 Å². The normalized spacial score (nSPS) is 16.4. The van der Waals surface area contributed by atoms with Crippen LogP contribution in [-0.4, -0.2) is 16.0 Å². The number of anilines is 1. The number of thioether (sulfide) groups is 1. The SMILES string of the molecule is CC(=O)c1ccc(N2C(=O)/C(=C(\C)c3ccc(Br)cc3)SC2=S)cc1. The minimum atomic E-state index is -0.133. The summed E-state index contributed by atoms with van der Waals surface area (Å²) in [7, 11) is 0. The van der Waals surface area contributed by atoms with Crippen LogP contribution in [0.15, 0.2) is 57.9 Å². The van der Waals surface area contributed by atoms with Crippen LogP contribution in [-0.2, 0) is 4.79 Å². The fraction of sp³-hybridized carbons (Fsp3) is 0.105. The molecule has 25 heavy (non-hydrogen) atoms. The Kier molecular flexibility index (Phi) is 5.22. The van der Waals surface area contributed by atoms with E-state index in [9.17, 15) is 9.59 Å². The molecular weight excluding hydrogens is 418 g/mol. The fourth-order valence-electron chi connectivity index (χ4n) is 2.50. The molecule has 6 heteroatoms. The molecule has 0 radical (unpaired) electrons. The van der Waals surface area contributed by atoms with Gasteiger partial charge in [-0.05, 0) is 61.4 Å². The maximum Gasteiger partial charge on any atom is 0.271 e. The summed E-state index contributed by atoms with van der Waals surface area (Å²) in [5, 5.41) is 0. The Bertz CT molecular complexity index is 902. The van der Waals surface area contributed by atoms with Crippen LogP contribution in [0.1, 0.15) is 29.8 Å². The van der Waals surface area contributed by atoms with Crippen molar-refractivity contribution in [3.63, 3.8) is 0 Å². The predicted octanol–water partition coefficient (Wildman–Crippen LogP) is 5.45. The average Bonchev–Trinajstić information content (AvgIpc) is 2.89. The van der Waals surface area contributed by atoms with Gasteiger partial charge in [-0.15, -0.1) is 0 Å².